The number of aromatic hydroxyl groups is 1. The summed E-state index contributed by atoms with van der Waals surface area (Å²) in [7, 11) is 2.12. The highest BCUT2D eigenvalue weighted by Gasteiger charge is 2.21. The van der Waals surface area contributed by atoms with Crippen LogP contribution in [0.3, 0.4) is 0 Å². The van der Waals surface area contributed by atoms with Crippen molar-refractivity contribution in [2.75, 3.05) is 7.05 Å². The van der Waals surface area contributed by atoms with Crippen LogP contribution < -0.4 is 5.43 Å². The number of hydrogen-bond donors (Lipinski definition) is 1. The van der Waals surface area contributed by atoms with Crippen LogP contribution in [-0.4, -0.2) is 27.7 Å². The lowest BCUT2D eigenvalue weighted by atomic mass is 9.94. The second kappa shape index (κ2) is 7.82. The van der Waals surface area contributed by atoms with Crippen LogP contribution in [0, 0.1) is 6.92 Å². The molecule has 0 radical (unpaired) electrons. The number of aromatic nitrogens is 1. The van der Waals surface area contributed by atoms with Crippen LogP contribution in [-0.2, 0) is 13.1 Å². The number of hydrogen-bond acceptors (Lipinski definition) is 3. The third kappa shape index (κ3) is 3.92. The van der Waals surface area contributed by atoms with E-state index in [-0.39, 0.29) is 11.2 Å². The van der Waals surface area contributed by atoms with E-state index in [4.69, 9.17) is 0 Å². The highest BCUT2D eigenvalue weighted by Crippen LogP contribution is 2.25. The van der Waals surface area contributed by atoms with Gasteiger partial charge in [0.1, 0.15) is 0 Å². The van der Waals surface area contributed by atoms with Crippen LogP contribution in [0.1, 0.15) is 63.3 Å². The van der Waals surface area contributed by atoms with Gasteiger partial charge in [-0.25, -0.2) is 0 Å². The molecule has 1 N–H and O–H groups in total. The molecule has 1 aliphatic carbocycles. The maximum Gasteiger partial charge on any atom is 0.223 e. The molecule has 0 saturated heterocycles. The quantitative estimate of drug-likeness (QED) is 0.876. The minimum Gasteiger partial charge on any atom is -0.503 e. The van der Waals surface area contributed by atoms with Gasteiger partial charge in [-0.05, 0) is 33.2 Å². The zero-order valence-electron chi connectivity index (χ0n) is 14.3. The summed E-state index contributed by atoms with van der Waals surface area (Å²) in [5.41, 5.74) is 1.48. The standard InChI is InChI=1S/C18H30N2O2/c1-4-5-11-20-14(2)12-17(21)18(22)16(20)13-19(3)15-9-7-6-8-10-15/h12,15,22H,4-11,13H2,1-3H3. The largest absolute Gasteiger partial charge is 0.503 e. The molecule has 1 aromatic heterocycles. The number of unbranched alkanes of at least 4 members (excludes halogenated alkanes) is 1. The van der Waals surface area contributed by atoms with E-state index in [1.807, 2.05) is 6.92 Å². The van der Waals surface area contributed by atoms with E-state index >= 15 is 0 Å². The van der Waals surface area contributed by atoms with Crippen molar-refractivity contribution in [3.05, 3.63) is 27.7 Å². The summed E-state index contributed by atoms with van der Waals surface area (Å²) < 4.78 is 2.12. The first-order chi connectivity index (χ1) is 10.5. The molecule has 0 unspecified atom stereocenters. The Labute approximate surface area is 133 Å². The first-order valence-corrected chi connectivity index (χ1v) is 8.67. The lowest BCUT2D eigenvalue weighted by molar-refractivity contribution is 0.178. The molecule has 0 amide bonds. The average molecular weight is 306 g/mol. The van der Waals surface area contributed by atoms with E-state index in [1.165, 1.54) is 32.1 Å². The van der Waals surface area contributed by atoms with Crippen molar-refractivity contribution in [3.8, 4) is 5.75 Å². The Morgan fingerprint density at radius 3 is 2.64 bits per heavy atom. The molecule has 0 spiro atoms. The summed E-state index contributed by atoms with van der Waals surface area (Å²) in [5.74, 6) is -0.0654. The Bertz CT molecular complexity index is 545. The Balaban J connectivity index is 2.25. The zero-order chi connectivity index (χ0) is 16.1. The number of aryl methyl sites for hydroxylation is 1. The van der Waals surface area contributed by atoms with Crippen molar-refractivity contribution >= 4 is 0 Å². The molecule has 0 aromatic carbocycles. The van der Waals surface area contributed by atoms with Crippen LogP contribution in [0.2, 0.25) is 0 Å². The van der Waals surface area contributed by atoms with Gasteiger partial charge in [-0.3, -0.25) is 9.69 Å². The van der Waals surface area contributed by atoms with Crippen LogP contribution in [0.15, 0.2) is 10.9 Å². The Morgan fingerprint density at radius 1 is 1.32 bits per heavy atom. The fourth-order valence-electron chi connectivity index (χ4n) is 3.49. The number of nitrogens with zero attached hydrogens (tertiary/aromatic N) is 2. The molecule has 4 nitrogen and oxygen atoms in total. The second-order valence-corrected chi connectivity index (χ2v) is 6.66. The van der Waals surface area contributed by atoms with Crippen LogP contribution in [0.25, 0.3) is 0 Å². The summed E-state index contributed by atoms with van der Waals surface area (Å²) in [4.78, 5) is 14.3. The predicted molar refractivity (Wildman–Crippen MR) is 90.4 cm³/mol. The average Bonchev–Trinajstić information content (AvgIpc) is 2.52. The number of pyridine rings is 1. The van der Waals surface area contributed by atoms with Crippen LogP contribution in [0.4, 0.5) is 0 Å². The highest BCUT2D eigenvalue weighted by atomic mass is 16.3. The van der Waals surface area contributed by atoms with Crippen molar-refractivity contribution in [3.63, 3.8) is 0 Å². The van der Waals surface area contributed by atoms with Gasteiger partial charge in [0, 0.05) is 30.9 Å². The van der Waals surface area contributed by atoms with E-state index in [9.17, 15) is 9.90 Å². The molecule has 2 rings (SSSR count). The number of rotatable bonds is 6. The van der Waals surface area contributed by atoms with Gasteiger partial charge in [0.15, 0.2) is 5.75 Å². The first kappa shape index (κ1) is 17.1. The summed E-state index contributed by atoms with van der Waals surface area (Å²) in [6, 6.07) is 2.12. The molecule has 1 saturated carbocycles. The van der Waals surface area contributed by atoms with Gasteiger partial charge in [-0.2, -0.15) is 0 Å². The van der Waals surface area contributed by atoms with Gasteiger partial charge in [-0.1, -0.05) is 32.6 Å². The molecule has 1 fully saturated rings. The van der Waals surface area contributed by atoms with Crippen molar-refractivity contribution < 1.29 is 5.11 Å². The molecule has 22 heavy (non-hydrogen) atoms. The smallest absolute Gasteiger partial charge is 0.223 e. The minimum absolute atomic E-state index is 0.0654. The molecule has 0 bridgehead atoms. The molecule has 124 valence electrons. The topological polar surface area (TPSA) is 45.5 Å². The van der Waals surface area contributed by atoms with Crippen molar-refractivity contribution in [1.82, 2.24) is 9.47 Å². The summed E-state index contributed by atoms with van der Waals surface area (Å²) >= 11 is 0. The lowest BCUT2D eigenvalue weighted by Gasteiger charge is -2.32. The molecule has 0 aliphatic heterocycles. The van der Waals surface area contributed by atoms with Gasteiger partial charge in [0.25, 0.3) is 0 Å². The third-order valence-corrected chi connectivity index (χ3v) is 4.93. The first-order valence-electron chi connectivity index (χ1n) is 8.67. The molecular formula is C18H30N2O2. The van der Waals surface area contributed by atoms with Crippen molar-refractivity contribution in [2.45, 2.75) is 77.9 Å². The Morgan fingerprint density at radius 2 is 2.00 bits per heavy atom. The van der Waals surface area contributed by atoms with Gasteiger partial charge in [-0.15, -0.1) is 0 Å². The molecule has 4 heteroatoms. The van der Waals surface area contributed by atoms with Gasteiger partial charge >= 0.3 is 0 Å². The van der Waals surface area contributed by atoms with E-state index in [2.05, 4.69) is 23.4 Å². The van der Waals surface area contributed by atoms with Gasteiger partial charge in [0.05, 0.1) is 5.69 Å². The van der Waals surface area contributed by atoms with Crippen molar-refractivity contribution in [1.29, 1.82) is 0 Å². The van der Waals surface area contributed by atoms with E-state index in [1.54, 1.807) is 6.07 Å². The molecule has 1 heterocycles. The minimum atomic E-state index is -0.253. The summed E-state index contributed by atoms with van der Waals surface area (Å²) in [6.07, 6.45) is 8.52. The predicted octanol–water partition coefficient (Wildman–Crippen LogP) is 3.43. The van der Waals surface area contributed by atoms with Gasteiger partial charge in [0.2, 0.25) is 5.43 Å². The normalized spacial score (nSPS) is 16.4. The second-order valence-electron chi connectivity index (χ2n) is 6.66. The monoisotopic (exact) mass is 306 g/mol. The van der Waals surface area contributed by atoms with Gasteiger partial charge < -0.3 is 9.67 Å². The maximum atomic E-state index is 12.0. The van der Waals surface area contributed by atoms with E-state index in [0.29, 0.717) is 12.6 Å². The summed E-state index contributed by atoms with van der Waals surface area (Å²) in [6.45, 7) is 5.63. The zero-order valence-corrected chi connectivity index (χ0v) is 14.3. The third-order valence-electron chi connectivity index (χ3n) is 4.93. The molecule has 0 atom stereocenters. The molecular weight excluding hydrogens is 276 g/mol. The summed E-state index contributed by atoms with van der Waals surface area (Å²) in [5, 5.41) is 10.3. The van der Waals surface area contributed by atoms with Crippen molar-refractivity contribution in [2.24, 2.45) is 0 Å². The molecule has 1 aromatic rings. The fourth-order valence-corrected chi connectivity index (χ4v) is 3.49. The lowest BCUT2D eigenvalue weighted by Crippen LogP contribution is -2.34. The Hall–Kier alpha value is -1.29. The van der Waals surface area contributed by atoms with E-state index < -0.39 is 0 Å². The SMILES string of the molecule is CCCCn1c(C)cc(=O)c(O)c1CN(C)C1CCCCC1. The van der Waals surface area contributed by atoms with Crippen LogP contribution in [0.5, 0.6) is 5.75 Å². The Kier molecular flexibility index (Phi) is 6.07. The van der Waals surface area contributed by atoms with Crippen LogP contribution >= 0.6 is 0 Å². The van der Waals surface area contributed by atoms with E-state index in [0.717, 1.165) is 30.8 Å². The highest BCUT2D eigenvalue weighted by molar-refractivity contribution is 5.29. The molecule has 1 aliphatic rings. The maximum absolute atomic E-state index is 12.0. The fraction of sp³-hybridized carbons (Fsp3) is 0.722.